The maximum absolute atomic E-state index is 11.7. The van der Waals surface area contributed by atoms with Crippen molar-refractivity contribution in [2.24, 2.45) is 5.10 Å². The molecule has 0 radical (unpaired) electrons. The molecule has 1 aromatic heterocycles. The second kappa shape index (κ2) is 6.95. The van der Waals surface area contributed by atoms with Gasteiger partial charge in [-0.25, -0.2) is 5.43 Å². The summed E-state index contributed by atoms with van der Waals surface area (Å²) in [7, 11) is 2.05. The minimum absolute atomic E-state index is 0.210. The number of rotatable bonds is 5. The number of likely N-dealkylation sites (N-methyl/N-ethyl adjacent to an activating group) is 1. The molecule has 9 nitrogen and oxygen atoms in total. The van der Waals surface area contributed by atoms with Crippen molar-refractivity contribution in [2.45, 2.75) is 0 Å². The molecule has 21 heavy (non-hydrogen) atoms. The highest BCUT2D eigenvalue weighted by Crippen LogP contribution is 2.13. The third-order valence-corrected chi connectivity index (χ3v) is 3.14. The number of carbonyl (C=O) groups excluding carboxylic acids is 1. The zero-order chi connectivity index (χ0) is 15.2. The number of nitrogens with one attached hydrogen (secondary N) is 1. The molecule has 0 unspecified atom stereocenters. The molecule has 0 saturated carbocycles. The molecule has 1 fully saturated rings. The van der Waals surface area contributed by atoms with Gasteiger partial charge in [-0.1, -0.05) is 0 Å². The van der Waals surface area contributed by atoms with Gasteiger partial charge in [0.2, 0.25) is 0 Å². The van der Waals surface area contributed by atoms with Gasteiger partial charge in [0.15, 0.2) is 5.76 Å². The van der Waals surface area contributed by atoms with Crippen molar-refractivity contribution >= 4 is 18.0 Å². The fourth-order valence-electron chi connectivity index (χ4n) is 1.92. The summed E-state index contributed by atoms with van der Waals surface area (Å²) < 4.78 is 4.87. The maximum atomic E-state index is 11.7. The van der Waals surface area contributed by atoms with Crippen LogP contribution in [0.3, 0.4) is 0 Å². The number of amides is 1. The SMILES string of the molecule is CN1CCN(CC(=O)N/N=C/c2ccc([N+](=O)[O-])o2)CC1. The molecule has 0 bridgehead atoms. The minimum atomic E-state index is -0.636. The normalized spacial score (nSPS) is 17.2. The van der Waals surface area contributed by atoms with E-state index in [9.17, 15) is 14.9 Å². The molecule has 1 amide bonds. The van der Waals surface area contributed by atoms with Crippen molar-refractivity contribution in [3.8, 4) is 0 Å². The van der Waals surface area contributed by atoms with E-state index in [2.05, 4.69) is 15.4 Å². The van der Waals surface area contributed by atoms with Crippen LogP contribution in [0.1, 0.15) is 5.76 Å². The zero-order valence-corrected chi connectivity index (χ0v) is 11.7. The zero-order valence-electron chi connectivity index (χ0n) is 11.7. The Balaban J connectivity index is 1.75. The van der Waals surface area contributed by atoms with Gasteiger partial charge in [0.1, 0.15) is 4.92 Å². The Kier molecular flexibility index (Phi) is 5.01. The molecule has 0 aromatic carbocycles. The van der Waals surface area contributed by atoms with Crippen LogP contribution in [0.25, 0.3) is 0 Å². The van der Waals surface area contributed by atoms with Crippen LogP contribution in [0, 0.1) is 10.1 Å². The molecule has 114 valence electrons. The van der Waals surface area contributed by atoms with E-state index in [1.165, 1.54) is 18.3 Å². The van der Waals surface area contributed by atoms with Crippen LogP contribution in [0.15, 0.2) is 21.7 Å². The first-order valence-corrected chi connectivity index (χ1v) is 6.51. The Hall–Kier alpha value is -2.26. The van der Waals surface area contributed by atoms with Gasteiger partial charge in [0, 0.05) is 26.2 Å². The molecule has 0 aliphatic carbocycles. The first-order chi connectivity index (χ1) is 10.0. The predicted molar refractivity (Wildman–Crippen MR) is 75.0 cm³/mol. The molecule has 2 rings (SSSR count). The highest BCUT2D eigenvalue weighted by molar-refractivity contribution is 5.81. The summed E-state index contributed by atoms with van der Waals surface area (Å²) in [6.07, 6.45) is 1.23. The van der Waals surface area contributed by atoms with Gasteiger partial charge in [-0.3, -0.25) is 19.8 Å². The lowest BCUT2D eigenvalue weighted by Gasteiger charge is -2.31. The molecule has 1 N–H and O–H groups in total. The lowest BCUT2D eigenvalue weighted by atomic mass is 10.3. The first kappa shape index (κ1) is 15.1. The van der Waals surface area contributed by atoms with Crippen LogP contribution in [0.4, 0.5) is 5.88 Å². The van der Waals surface area contributed by atoms with E-state index in [1.54, 1.807) is 0 Å². The highest BCUT2D eigenvalue weighted by atomic mass is 16.6. The summed E-state index contributed by atoms with van der Waals surface area (Å²) in [5.41, 5.74) is 2.37. The van der Waals surface area contributed by atoms with Crippen molar-refractivity contribution in [2.75, 3.05) is 39.8 Å². The van der Waals surface area contributed by atoms with Crippen LogP contribution >= 0.6 is 0 Å². The Labute approximate surface area is 121 Å². The average Bonchev–Trinajstić information content (AvgIpc) is 2.90. The molecule has 1 aromatic rings. The monoisotopic (exact) mass is 295 g/mol. The van der Waals surface area contributed by atoms with E-state index >= 15 is 0 Å². The number of piperazine rings is 1. The van der Waals surface area contributed by atoms with Gasteiger partial charge in [-0.05, 0) is 13.1 Å². The van der Waals surface area contributed by atoms with E-state index in [0.29, 0.717) is 0 Å². The summed E-state index contributed by atoms with van der Waals surface area (Å²) in [5, 5.41) is 14.1. The number of nitro groups is 1. The highest BCUT2D eigenvalue weighted by Gasteiger charge is 2.16. The topological polar surface area (TPSA) is 104 Å². The summed E-state index contributed by atoms with van der Waals surface area (Å²) >= 11 is 0. The third-order valence-electron chi connectivity index (χ3n) is 3.14. The smallest absolute Gasteiger partial charge is 0.400 e. The van der Waals surface area contributed by atoms with Crippen molar-refractivity contribution in [1.29, 1.82) is 0 Å². The Morgan fingerprint density at radius 3 is 2.81 bits per heavy atom. The second-order valence-electron chi connectivity index (χ2n) is 4.81. The summed E-state index contributed by atoms with van der Waals surface area (Å²) in [6, 6.07) is 2.64. The lowest BCUT2D eigenvalue weighted by Crippen LogP contribution is -2.47. The van der Waals surface area contributed by atoms with Crippen molar-refractivity contribution < 1.29 is 14.1 Å². The van der Waals surface area contributed by atoms with E-state index in [4.69, 9.17) is 4.42 Å². The van der Waals surface area contributed by atoms with Crippen molar-refractivity contribution in [3.05, 3.63) is 28.0 Å². The van der Waals surface area contributed by atoms with Gasteiger partial charge < -0.3 is 9.32 Å². The number of carbonyl (C=O) groups is 1. The van der Waals surface area contributed by atoms with Crippen LogP contribution < -0.4 is 5.43 Å². The van der Waals surface area contributed by atoms with Gasteiger partial charge in [-0.15, -0.1) is 0 Å². The first-order valence-electron chi connectivity index (χ1n) is 6.51. The van der Waals surface area contributed by atoms with Gasteiger partial charge in [0.05, 0.1) is 18.8 Å². The Morgan fingerprint density at radius 1 is 1.48 bits per heavy atom. The van der Waals surface area contributed by atoms with Crippen molar-refractivity contribution in [1.82, 2.24) is 15.2 Å². The number of hydrazone groups is 1. The summed E-state index contributed by atoms with van der Waals surface area (Å²) in [4.78, 5) is 25.7. The molecular formula is C12H17N5O4. The third kappa shape index (κ3) is 4.65. The number of hydrogen-bond acceptors (Lipinski definition) is 7. The molecule has 1 aliphatic rings. The van der Waals surface area contributed by atoms with Gasteiger partial charge in [0.25, 0.3) is 5.91 Å². The van der Waals surface area contributed by atoms with E-state index in [0.717, 1.165) is 26.2 Å². The fourth-order valence-corrected chi connectivity index (χ4v) is 1.92. The van der Waals surface area contributed by atoms with Crippen LogP contribution in [0.2, 0.25) is 0 Å². The minimum Gasteiger partial charge on any atom is -0.400 e. The summed E-state index contributed by atoms with van der Waals surface area (Å²) in [5.74, 6) is -0.376. The second-order valence-corrected chi connectivity index (χ2v) is 4.81. The van der Waals surface area contributed by atoms with E-state index in [1.807, 2.05) is 11.9 Å². The largest absolute Gasteiger partial charge is 0.433 e. The molecular weight excluding hydrogens is 278 g/mol. The Bertz CT molecular complexity index is 534. The standard InChI is InChI=1S/C12H17N5O4/c1-15-4-6-16(7-5-15)9-11(18)14-13-8-10-2-3-12(21-10)17(19)20/h2-3,8H,4-7,9H2,1H3,(H,14,18)/b13-8+. The average molecular weight is 295 g/mol. The lowest BCUT2D eigenvalue weighted by molar-refractivity contribution is -0.402. The molecule has 1 aliphatic heterocycles. The van der Waals surface area contributed by atoms with Crippen molar-refractivity contribution in [3.63, 3.8) is 0 Å². The number of hydrogen-bond donors (Lipinski definition) is 1. The molecule has 0 atom stereocenters. The Morgan fingerprint density at radius 2 is 2.19 bits per heavy atom. The van der Waals surface area contributed by atoms with Crippen LogP contribution in [-0.4, -0.2) is 66.6 Å². The fraction of sp³-hybridized carbons (Fsp3) is 0.500. The van der Waals surface area contributed by atoms with E-state index in [-0.39, 0.29) is 24.1 Å². The molecule has 2 heterocycles. The predicted octanol–water partition coefficient (Wildman–Crippen LogP) is -0.115. The molecule has 1 saturated heterocycles. The van der Waals surface area contributed by atoms with Crippen LogP contribution in [-0.2, 0) is 4.79 Å². The van der Waals surface area contributed by atoms with Gasteiger partial charge in [-0.2, -0.15) is 5.10 Å². The molecule has 9 heteroatoms. The summed E-state index contributed by atoms with van der Waals surface area (Å²) in [6.45, 7) is 3.85. The molecule has 0 spiro atoms. The van der Waals surface area contributed by atoms with E-state index < -0.39 is 4.92 Å². The number of furan rings is 1. The van der Waals surface area contributed by atoms with Crippen LogP contribution in [0.5, 0.6) is 0 Å². The van der Waals surface area contributed by atoms with Gasteiger partial charge >= 0.3 is 5.88 Å². The quantitative estimate of drug-likeness (QED) is 0.461. The maximum Gasteiger partial charge on any atom is 0.433 e. The number of nitrogens with zero attached hydrogens (tertiary/aromatic N) is 4.